The highest BCUT2D eigenvalue weighted by molar-refractivity contribution is 5.86. The second-order valence-electron chi connectivity index (χ2n) is 7.38. The number of benzene rings is 2. The fraction of sp³-hybridized carbons (Fsp3) is 0.381. The molecule has 2 atom stereocenters. The summed E-state index contributed by atoms with van der Waals surface area (Å²) in [6, 6.07) is 13.7. The molecule has 3 amide bonds. The lowest BCUT2D eigenvalue weighted by Gasteiger charge is -2.29. The molecule has 0 aromatic heterocycles. The molecule has 27 heavy (non-hydrogen) atoms. The monoisotopic (exact) mass is 367 g/mol. The van der Waals surface area contributed by atoms with Crippen molar-refractivity contribution in [3.8, 4) is 0 Å². The fourth-order valence-electron chi connectivity index (χ4n) is 3.66. The van der Waals surface area contributed by atoms with Crippen LogP contribution >= 0.6 is 0 Å². The predicted molar refractivity (Wildman–Crippen MR) is 104 cm³/mol. The normalized spacial score (nSPS) is 20.3. The molecule has 1 fully saturated rings. The Morgan fingerprint density at radius 1 is 1.22 bits per heavy atom. The van der Waals surface area contributed by atoms with E-state index in [1.165, 1.54) is 5.39 Å². The zero-order chi connectivity index (χ0) is 19.4. The van der Waals surface area contributed by atoms with Crippen molar-refractivity contribution in [3.05, 3.63) is 48.0 Å². The number of nitrogens with one attached hydrogen (secondary N) is 2. The van der Waals surface area contributed by atoms with E-state index in [4.69, 9.17) is 5.73 Å². The number of rotatable bonds is 7. The minimum Gasteiger partial charge on any atom is -0.368 e. The van der Waals surface area contributed by atoms with E-state index in [1.54, 1.807) is 6.92 Å². The number of nitrogens with two attached hydrogens (primary N) is 1. The van der Waals surface area contributed by atoms with Crippen molar-refractivity contribution in [2.24, 2.45) is 5.73 Å². The van der Waals surface area contributed by atoms with Gasteiger partial charge in [-0.1, -0.05) is 42.5 Å². The lowest BCUT2D eigenvalue weighted by Crippen LogP contribution is -2.46. The van der Waals surface area contributed by atoms with Crippen molar-refractivity contribution in [1.29, 1.82) is 0 Å². The smallest absolute Gasteiger partial charge is 0.239 e. The first-order valence-electron chi connectivity index (χ1n) is 9.24. The maximum Gasteiger partial charge on any atom is 0.239 e. The summed E-state index contributed by atoms with van der Waals surface area (Å²) in [7, 11) is 0. The molecule has 0 saturated carbocycles. The molecule has 4 N–H and O–H groups in total. The van der Waals surface area contributed by atoms with Crippen LogP contribution in [0.15, 0.2) is 42.5 Å². The molecule has 1 heterocycles. The number of carbonyl (C=O) groups excluding carboxylic acids is 3. The van der Waals surface area contributed by atoms with Gasteiger partial charge in [0.25, 0.3) is 0 Å². The number of amides is 3. The summed E-state index contributed by atoms with van der Waals surface area (Å²) >= 11 is 0. The second kappa shape index (κ2) is 7.78. The Balaban J connectivity index is 1.71. The third-order valence-electron chi connectivity index (χ3n) is 5.23. The molecule has 2 aromatic rings. The van der Waals surface area contributed by atoms with Crippen molar-refractivity contribution < 1.29 is 14.4 Å². The van der Waals surface area contributed by atoms with Crippen LogP contribution in [-0.4, -0.2) is 29.3 Å². The molecule has 142 valence electrons. The summed E-state index contributed by atoms with van der Waals surface area (Å²) in [6.45, 7) is 1.56. The van der Waals surface area contributed by atoms with E-state index in [1.807, 2.05) is 12.1 Å². The minimum atomic E-state index is -0.702. The van der Waals surface area contributed by atoms with Gasteiger partial charge in [-0.05, 0) is 42.5 Å². The minimum absolute atomic E-state index is 0.0155. The van der Waals surface area contributed by atoms with Crippen LogP contribution in [0.25, 0.3) is 10.8 Å². The summed E-state index contributed by atoms with van der Waals surface area (Å²) in [5, 5.41) is 8.01. The molecule has 2 aromatic carbocycles. The fourth-order valence-corrected chi connectivity index (χ4v) is 3.66. The molecule has 0 unspecified atom stereocenters. The Labute approximate surface area is 158 Å². The van der Waals surface area contributed by atoms with Crippen LogP contribution in [0, 0.1) is 0 Å². The molecule has 6 nitrogen and oxygen atoms in total. The SMILES string of the molecule is C[C@H](NC(=O)CC[C@@]1(Cc2ccc3ccccc3c2)CCC(=O)N1)C(N)=O. The van der Waals surface area contributed by atoms with Crippen molar-refractivity contribution in [3.63, 3.8) is 0 Å². The maximum atomic E-state index is 12.1. The molecule has 0 aliphatic carbocycles. The first-order chi connectivity index (χ1) is 12.9. The van der Waals surface area contributed by atoms with Crippen molar-refractivity contribution in [2.75, 3.05) is 0 Å². The van der Waals surface area contributed by atoms with Gasteiger partial charge < -0.3 is 16.4 Å². The zero-order valence-electron chi connectivity index (χ0n) is 15.5. The highest BCUT2D eigenvalue weighted by Crippen LogP contribution is 2.30. The number of hydrogen-bond acceptors (Lipinski definition) is 3. The summed E-state index contributed by atoms with van der Waals surface area (Å²) in [4.78, 5) is 35.1. The van der Waals surface area contributed by atoms with Gasteiger partial charge in [0, 0.05) is 18.4 Å². The predicted octanol–water partition coefficient (Wildman–Crippen LogP) is 1.80. The first-order valence-corrected chi connectivity index (χ1v) is 9.24. The van der Waals surface area contributed by atoms with E-state index >= 15 is 0 Å². The van der Waals surface area contributed by atoms with Crippen LogP contribution in [0.1, 0.15) is 38.2 Å². The van der Waals surface area contributed by atoms with Crippen LogP contribution in [0.5, 0.6) is 0 Å². The summed E-state index contributed by atoms with van der Waals surface area (Å²) in [5.74, 6) is -0.787. The molecule has 1 saturated heterocycles. The van der Waals surface area contributed by atoms with Crippen LogP contribution in [0.3, 0.4) is 0 Å². The topological polar surface area (TPSA) is 101 Å². The lowest BCUT2D eigenvalue weighted by atomic mass is 9.84. The van der Waals surface area contributed by atoms with E-state index in [0.717, 1.165) is 10.9 Å². The van der Waals surface area contributed by atoms with Crippen molar-refractivity contribution in [1.82, 2.24) is 10.6 Å². The van der Waals surface area contributed by atoms with E-state index in [-0.39, 0.29) is 18.2 Å². The molecular weight excluding hydrogens is 342 g/mol. The maximum absolute atomic E-state index is 12.1. The van der Waals surface area contributed by atoms with Crippen molar-refractivity contribution >= 4 is 28.5 Å². The Hall–Kier alpha value is -2.89. The number of fused-ring (bicyclic) bond motifs is 1. The van der Waals surface area contributed by atoms with Gasteiger partial charge in [-0.25, -0.2) is 0 Å². The molecule has 0 radical (unpaired) electrons. The largest absolute Gasteiger partial charge is 0.368 e. The highest BCUT2D eigenvalue weighted by atomic mass is 16.2. The van der Waals surface area contributed by atoms with Gasteiger partial charge in [-0.3, -0.25) is 14.4 Å². The molecule has 0 spiro atoms. The van der Waals surface area contributed by atoms with Crippen LogP contribution in [0.2, 0.25) is 0 Å². The van der Waals surface area contributed by atoms with Gasteiger partial charge in [0.05, 0.1) is 0 Å². The van der Waals surface area contributed by atoms with E-state index in [0.29, 0.717) is 25.7 Å². The lowest BCUT2D eigenvalue weighted by molar-refractivity contribution is -0.127. The van der Waals surface area contributed by atoms with Gasteiger partial charge >= 0.3 is 0 Å². The Morgan fingerprint density at radius 2 is 1.96 bits per heavy atom. The third-order valence-corrected chi connectivity index (χ3v) is 5.23. The summed E-state index contributed by atoms with van der Waals surface area (Å²) in [6.07, 6.45) is 2.57. The van der Waals surface area contributed by atoms with Gasteiger partial charge in [0.15, 0.2) is 0 Å². The molecular formula is C21H25N3O3. The average Bonchev–Trinajstić information content (AvgIpc) is 3.00. The average molecular weight is 367 g/mol. The van der Waals surface area contributed by atoms with Gasteiger partial charge in [0.1, 0.15) is 6.04 Å². The van der Waals surface area contributed by atoms with Crippen LogP contribution < -0.4 is 16.4 Å². The number of carbonyl (C=O) groups is 3. The van der Waals surface area contributed by atoms with Crippen molar-refractivity contribution in [2.45, 2.75) is 50.6 Å². The summed E-state index contributed by atoms with van der Waals surface area (Å²) in [5.41, 5.74) is 5.87. The van der Waals surface area contributed by atoms with Crippen LogP contribution in [-0.2, 0) is 20.8 Å². The Bertz CT molecular complexity index is 880. The van der Waals surface area contributed by atoms with Gasteiger partial charge in [0.2, 0.25) is 17.7 Å². The standard InChI is InChI=1S/C21H25N3O3/c1-14(20(22)27)23-18(25)8-10-21(11-9-19(26)24-21)13-15-6-7-16-4-2-3-5-17(16)12-15/h2-7,12,14H,8-11,13H2,1H3,(H2,22,27)(H,23,25)(H,24,26)/t14-,21-/m0/s1. The molecule has 1 aliphatic rings. The Kier molecular flexibility index (Phi) is 5.44. The molecule has 1 aliphatic heterocycles. The highest BCUT2D eigenvalue weighted by Gasteiger charge is 2.38. The number of primary amides is 1. The quantitative estimate of drug-likeness (QED) is 0.695. The van der Waals surface area contributed by atoms with E-state index in [2.05, 4.69) is 41.0 Å². The molecule has 0 bridgehead atoms. The van der Waals surface area contributed by atoms with E-state index < -0.39 is 17.5 Å². The molecule has 3 rings (SSSR count). The second-order valence-corrected chi connectivity index (χ2v) is 7.38. The third kappa shape index (κ3) is 4.64. The van der Waals surface area contributed by atoms with Gasteiger partial charge in [-0.15, -0.1) is 0 Å². The van der Waals surface area contributed by atoms with E-state index in [9.17, 15) is 14.4 Å². The molecule has 6 heteroatoms. The number of hydrogen-bond donors (Lipinski definition) is 3. The summed E-state index contributed by atoms with van der Waals surface area (Å²) < 4.78 is 0. The Morgan fingerprint density at radius 3 is 2.63 bits per heavy atom. The first kappa shape index (κ1) is 18.9. The zero-order valence-corrected chi connectivity index (χ0v) is 15.5. The van der Waals surface area contributed by atoms with Gasteiger partial charge in [-0.2, -0.15) is 0 Å². The van der Waals surface area contributed by atoms with Crippen LogP contribution in [0.4, 0.5) is 0 Å².